The number of H-pyrrole nitrogens is 1. The van der Waals surface area contributed by atoms with Crippen LogP contribution in [0.5, 0.6) is 5.88 Å². The number of pyridine rings is 1. The van der Waals surface area contributed by atoms with Crippen LogP contribution >= 0.6 is 0 Å². The highest BCUT2D eigenvalue weighted by Crippen LogP contribution is 2.30. The molecule has 2 aromatic carbocycles. The van der Waals surface area contributed by atoms with E-state index < -0.39 is 17.2 Å². The Morgan fingerprint density at radius 1 is 1.16 bits per heavy atom. The van der Waals surface area contributed by atoms with Crippen LogP contribution in [0.2, 0.25) is 0 Å². The number of para-hydroxylation sites is 2. The van der Waals surface area contributed by atoms with Gasteiger partial charge in [0, 0.05) is 17.3 Å². The van der Waals surface area contributed by atoms with Gasteiger partial charge >= 0.3 is 5.97 Å². The lowest BCUT2D eigenvalue weighted by Gasteiger charge is -2.19. The summed E-state index contributed by atoms with van der Waals surface area (Å²) in [5.41, 5.74) is 3.14. The van der Waals surface area contributed by atoms with E-state index in [1.807, 2.05) is 43.3 Å². The standard InChI is InChI=1S/C24H22FN3O3/c1-14-10-16(12-26-22(14)31-13-24(2,3)23(29)30)15-8-9-17(18(25)11-15)21-27-19-6-4-5-7-20(19)28-21/h4-12H,13H2,1-3H3,(H,27,28)(H,29,30). The molecule has 2 N–H and O–H groups in total. The van der Waals surface area contributed by atoms with Gasteiger partial charge in [-0.15, -0.1) is 0 Å². The number of aromatic amines is 1. The second kappa shape index (κ2) is 7.83. The molecule has 0 saturated carbocycles. The largest absolute Gasteiger partial charge is 0.481 e. The summed E-state index contributed by atoms with van der Waals surface area (Å²) in [6.07, 6.45) is 1.59. The first kappa shape index (κ1) is 20.5. The molecule has 0 unspecified atom stereocenters. The monoisotopic (exact) mass is 419 g/mol. The second-order valence-electron chi connectivity index (χ2n) is 8.12. The van der Waals surface area contributed by atoms with Gasteiger partial charge in [0.15, 0.2) is 0 Å². The highest BCUT2D eigenvalue weighted by molar-refractivity contribution is 5.80. The Kier molecular flexibility index (Phi) is 5.19. The highest BCUT2D eigenvalue weighted by Gasteiger charge is 2.28. The van der Waals surface area contributed by atoms with Gasteiger partial charge < -0.3 is 14.8 Å². The number of fused-ring (bicyclic) bond motifs is 1. The van der Waals surface area contributed by atoms with Crippen molar-refractivity contribution in [2.75, 3.05) is 6.61 Å². The minimum atomic E-state index is -1.03. The normalized spacial score (nSPS) is 11.6. The smallest absolute Gasteiger partial charge is 0.312 e. The summed E-state index contributed by atoms with van der Waals surface area (Å²) in [5, 5.41) is 9.21. The molecule has 2 heterocycles. The number of hydrogen-bond acceptors (Lipinski definition) is 4. The van der Waals surface area contributed by atoms with Crippen molar-refractivity contribution in [3.05, 3.63) is 66.1 Å². The van der Waals surface area contributed by atoms with E-state index in [0.717, 1.165) is 22.2 Å². The quantitative estimate of drug-likeness (QED) is 0.447. The number of ether oxygens (including phenoxy) is 1. The van der Waals surface area contributed by atoms with Crippen molar-refractivity contribution in [3.8, 4) is 28.4 Å². The number of carboxylic acids is 1. The number of aryl methyl sites for hydroxylation is 1. The minimum absolute atomic E-state index is 0.00363. The molecule has 4 aromatic rings. The third kappa shape index (κ3) is 4.12. The number of nitrogens with zero attached hydrogens (tertiary/aromatic N) is 2. The van der Waals surface area contributed by atoms with Crippen molar-refractivity contribution in [1.29, 1.82) is 0 Å². The number of nitrogens with one attached hydrogen (secondary N) is 1. The van der Waals surface area contributed by atoms with Crippen LogP contribution in [0.3, 0.4) is 0 Å². The van der Waals surface area contributed by atoms with Gasteiger partial charge in [-0.1, -0.05) is 18.2 Å². The van der Waals surface area contributed by atoms with Gasteiger partial charge in [0.1, 0.15) is 18.2 Å². The zero-order valence-electron chi connectivity index (χ0n) is 17.4. The summed E-state index contributed by atoms with van der Waals surface area (Å²) in [6, 6.07) is 14.4. The molecule has 0 saturated heterocycles. The van der Waals surface area contributed by atoms with Gasteiger partial charge in [-0.2, -0.15) is 0 Å². The topological polar surface area (TPSA) is 88.1 Å². The summed E-state index contributed by atoms with van der Waals surface area (Å²) in [6.45, 7) is 4.99. The molecule has 0 spiro atoms. The van der Waals surface area contributed by atoms with E-state index in [2.05, 4.69) is 15.0 Å². The molecule has 31 heavy (non-hydrogen) atoms. The number of benzene rings is 2. The van der Waals surface area contributed by atoms with Crippen molar-refractivity contribution in [1.82, 2.24) is 15.0 Å². The number of hydrogen-bond donors (Lipinski definition) is 2. The first-order valence-corrected chi connectivity index (χ1v) is 9.82. The van der Waals surface area contributed by atoms with Gasteiger partial charge in [0.2, 0.25) is 5.88 Å². The summed E-state index contributed by atoms with van der Waals surface area (Å²) in [4.78, 5) is 23.1. The van der Waals surface area contributed by atoms with Crippen LogP contribution in [0.15, 0.2) is 54.7 Å². The maximum absolute atomic E-state index is 14.9. The molecule has 6 nitrogen and oxygen atoms in total. The lowest BCUT2D eigenvalue weighted by atomic mass is 9.95. The summed E-state index contributed by atoms with van der Waals surface area (Å²) in [5.74, 6) is -0.499. The molecule has 0 amide bonds. The first-order chi connectivity index (χ1) is 14.7. The second-order valence-corrected chi connectivity index (χ2v) is 8.12. The van der Waals surface area contributed by atoms with E-state index in [1.54, 1.807) is 26.1 Å². The molecule has 2 aromatic heterocycles. The molecule has 0 aliphatic rings. The Morgan fingerprint density at radius 3 is 2.61 bits per heavy atom. The molecule has 0 aliphatic carbocycles. The molecular weight excluding hydrogens is 397 g/mol. The molecule has 0 atom stereocenters. The van der Waals surface area contributed by atoms with E-state index in [1.165, 1.54) is 6.07 Å². The lowest BCUT2D eigenvalue weighted by Crippen LogP contribution is -2.31. The Hall–Kier alpha value is -3.74. The fraction of sp³-hybridized carbons (Fsp3) is 0.208. The summed E-state index contributed by atoms with van der Waals surface area (Å²) >= 11 is 0. The van der Waals surface area contributed by atoms with Gasteiger partial charge in [0.05, 0.1) is 22.0 Å². The van der Waals surface area contributed by atoms with Crippen LogP contribution < -0.4 is 4.74 Å². The summed E-state index contributed by atoms with van der Waals surface area (Å²) in [7, 11) is 0. The van der Waals surface area contributed by atoms with E-state index >= 15 is 0 Å². The lowest BCUT2D eigenvalue weighted by molar-refractivity contribution is -0.148. The van der Waals surface area contributed by atoms with Gasteiger partial charge in [-0.05, 0) is 56.7 Å². The van der Waals surface area contributed by atoms with Crippen LogP contribution in [-0.4, -0.2) is 32.6 Å². The minimum Gasteiger partial charge on any atom is -0.481 e. The predicted molar refractivity (Wildman–Crippen MR) is 116 cm³/mol. The molecule has 4 rings (SSSR count). The van der Waals surface area contributed by atoms with Gasteiger partial charge in [-0.25, -0.2) is 14.4 Å². The Labute approximate surface area is 178 Å². The number of halogens is 1. The zero-order valence-corrected chi connectivity index (χ0v) is 17.4. The molecule has 7 heteroatoms. The van der Waals surface area contributed by atoms with Crippen LogP contribution in [0, 0.1) is 18.2 Å². The molecule has 0 radical (unpaired) electrons. The molecule has 0 aliphatic heterocycles. The number of carbonyl (C=O) groups is 1. The third-order valence-electron chi connectivity index (χ3n) is 5.13. The number of rotatable bonds is 6. The first-order valence-electron chi connectivity index (χ1n) is 9.82. The Morgan fingerprint density at radius 2 is 1.94 bits per heavy atom. The van der Waals surface area contributed by atoms with Crippen LogP contribution in [-0.2, 0) is 4.79 Å². The molecule has 0 fully saturated rings. The third-order valence-corrected chi connectivity index (χ3v) is 5.13. The number of carboxylic acid groups (broad SMARTS) is 1. The van der Waals surface area contributed by atoms with Crippen molar-refractivity contribution in [3.63, 3.8) is 0 Å². The number of aliphatic carboxylic acids is 1. The van der Waals surface area contributed by atoms with E-state index in [0.29, 0.717) is 22.8 Å². The summed E-state index contributed by atoms with van der Waals surface area (Å²) < 4.78 is 20.5. The highest BCUT2D eigenvalue weighted by atomic mass is 19.1. The van der Waals surface area contributed by atoms with Gasteiger partial charge in [0.25, 0.3) is 0 Å². The Balaban J connectivity index is 1.58. The fourth-order valence-corrected chi connectivity index (χ4v) is 3.15. The van der Waals surface area contributed by atoms with Crippen molar-refractivity contribution in [2.45, 2.75) is 20.8 Å². The van der Waals surface area contributed by atoms with Crippen LogP contribution in [0.1, 0.15) is 19.4 Å². The predicted octanol–water partition coefficient (Wildman–Crippen LogP) is 5.23. The fourth-order valence-electron chi connectivity index (χ4n) is 3.15. The maximum Gasteiger partial charge on any atom is 0.312 e. The van der Waals surface area contributed by atoms with E-state index in [-0.39, 0.29) is 6.61 Å². The maximum atomic E-state index is 14.9. The van der Waals surface area contributed by atoms with Crippen molar-refractivity contribution >= 4 is 17.0 Å². The molecule has 158 valence electrons. The van der Waals surface area contributed by atoms with Gasteiger partial charge in [-0.3, -0.25) is 4.79 Å². The molecule has 0 bridgehead atoms. The Bertz CT molecular complexity index is 1250. The SMILES string of the molecule is Cc1cc(-c2ccc(-c3nc4ccccc4[nH]3)c(F)c2)cnc1OCC(C)(C)C(=O)O. The van der Waals surface area contributed by atoms with Crippen molar-refractivity contribution < 1.29 is 19.0 Å². The van der Waals surface area contributed by atoms with Crippen LogP contribution in [0.25, 0.3) is 33.5 Å². The molecular formula is C24H22FN3O3. The average Bonchev–Trinajstić information content (AvgIpc) is 3.16. The van der Waals surface area contributed by atoms with E-state index in [4.69, 9.17) is 4.74 Å². The van der Waals surface area contributed by atoms with Crippen LogP contribution in [0.4, 0.5) is 4.39 Å². The number of imidazole rings is 1. The van der Waals surface area contributed by atoms with E-state index in [9.17, 15) is 14.3 Å². The average molecular weight is 419 g/mol. The number of aromatic nitrogens is 3. The van der Waals surface area contributed by atoms with Crippen molar-refractivity contribution in [2.24, 2.45) is 5.41 Å². The zero-order chi connectivity index (χ0) is 22.2.